The molecular weight excluding hydrogens is 236 g/mol. The zero-order chi connectivity index (χ0) is 9.26. The molecule has 0 spiro atoms. The molecule has 0 amide bonds. The van der Waals surface area contributed by atoms with Crippen molar-refractivity contribution in [2.45, 2.75) is 5.33 Å². The van der Waals surface area contributed by atoms with Crippen molar-refractivity contribution in [3.8, 4) is 11.5 Å². The van der Waals surface area contributed by atoms with Gasteiger partial charge in [-0.3, -0.25) is 4.79 Å². The number of carbonyl (C=O) groups is 1. The van der Waals surface area contributed by atoms with Crippen LogP contribution in [-0.2, 0) is 5.33 Å². The largest absolute Gasteiger partial charge is 0.454 e. The highest BCUT2D eigenvalue weighted by molar-refractivity contribution is 9.08. The molecule has 2 rings (SSSR count). The van der Waals surface area contributed by atoms with Crippen molar-refractivity contribution < 1.29 is 14.3 Å². The van der Waals surface area contributed by atoms with E-state index in [1.165, 1.54) is 0 Å². The van der Waals surface area contributed by atoms with Crippen molar-refractivity contribution in [1.82, 2.24) is 0 Å². The Balaban J connectivity index is 2.59. The fraction of sp³-hybridized carbons (Fsp3) is 0.222. The van der Waals surface area contributed by atoms with Gasteiger partial charge in [-0.15, -0.1) is 0 Å². The Labute approximate surface area is 83.8 Å². The second-order valence-electron chi connectivity index (χ2n) is 2.62. The summed E-state index contributed by atoms with van der Waals surface area (Å²) in [6.45, 7) is 0.234. The molecular formula is C9H7BrO3. The lowest BCUT2D eigenvalue weighted by Crippen LogP contribution is -1.95. The predicted octanol–water partition coefficient (Wildman–Crippen LogP) is 2.12. The van der Waals surface area contributed by atoms with Gasteiger partial charge in [-0.25, -0.2) is 0 Å². The molecule has 13 heavy (non-hydrogen) atoms. The van der Waals surface area contributed by atoms with Crippen molar-refractivity contribution >= 4 is 22.2 Å². The molecule has 0 bridgehead atoms. The SMILES string of the molecule is O=Cc1ccc2c(c1CBr)OCO2. The van der Waals surface area contributed by atoms with Crippen molar-refractivity contribution in [1.29, 1.82) is 0 Å². The first-order valence-corrected chi connectivity index (χ1v) is 4.91. The molecule has 0 fully saturated rings. The molecule has 0 unspecified atom stereocenters. The Bertz CT molecular complexity index is 349. The molecule has 1 aromatic rings. The van der Waals surface area contributed by atoms with E-state index in [1.807, 2.05) is 0 Å². The molecule has 0 aromatic heterocycles. The second-order valence-corrected chi connectivity index (χ2v) is 3.18. The van der Waals surface area contributed by atoms with Gasteiger partial charge in [-0.2, -0.15) is 0 Å². The molecule has 68 valence electrons. The Morgan fingerprint density at radius 2 is 2.31 bits per heavy atom. The van der Waals surface area contributed by atoms with Crippen LogP contribution < -0.4 is 9.47 Å². The first-order valence-electron chi connectivity index (χ1n) is 3.79. The number of rotatable bonds is 2. The standard InChI is InChI=1S/C9H7BrO3/c10-3-7-6(4-11)1-2-8-9(7)13-5-12-8/h1-2,4H,3,5H2. The van der Waals surface area contributed by atoms with Gasteiger partial charge in [0.25, 0.3) is 0 Å². The summed E-state index contributed by atoms with van der Waals surface area (Å²) in [5, 5.41) is 0.591. The fourth-order valence-electron chi connectivity index (χ4n) is 1.29. The van der Waals surface area contributed by atoms with Crippen LogP contribution in [0.4, 0.5) is 0 Å². The van der Waals surface area contributed by atoms with Gasteiger partial charge in [0.1, 0.15) is 6.29 Å². The lowest BCUT2D eigenvalue weighted by molar-refractivity contribution is 0.112. The number of carbonyl (C=O) groups excluding carboxylic acids is 1. The number of fused-ring (bicyclic) bond motifs is 1. The normalized spacial score (nSPS) is 13.0. The number of alkyl halides is 1. The van der Waals surface area contributed by atoms with E-state index in [-0.39, 0.29) is 6.79 Å². The number of hydrogen-bond donors (Lipinski definition) is 0. The molecule has 0 atom stereocenters. The highest BCUT2D eigenvalue weighted by atomic mass is 79.9. The van der Waals surface area contributed by atoms with Crippen LogP contribution in [0, 0.1) is 0 Å². The quantitative estimate of drug-likeness (QED) is 0.589. The maximum absolute atomic E-state index is 10.7. The van der Waals surface area contributed by atoms with Crippen LogP contribution in [0.2, 0.25) is 0 Å². The molecule has 0 radical (unpaired) electrons. The third-order valence-corrected chi connectivity index (χ3v) is 2.50. The molecule has 0 saturated carbocycles. The third kappa shape index (κ3) is 1.31. The third-order valence-electron chi connectivity index (χ3n) is 1.94. The summed E-state index contributed by atoms with van der Waals surface area (Å²) < 4.78 is 10.4. The van der Waals surface area contributed by atoms with Crippen molar-refractivity contribution in [2.75, 3.05) is 6.79 Å². The highest BCUT2D eigenvalue weighted by Crippen LogP contribution is 2.37. The Hall–Kier alpha value is -1.03. The van der Waals surface area contributed by atoms with E-state index in [0.717, 1.165) is 11.8 Å². The minimum absolute atomic E-state index is 0.234. The van der Waals surface area contributed by atoms with E-state index in [4.69, 9.17) is 9.47 Å². The van der Waals surface area contributed by atoms with Gasteiger partial charge in [-0.1, -0.05) is 15.9 Å². The summed E-state index contributed by atoms with van der Waals surface area (Å²) in [5.41, 5.74) is 1.49. The van der Waals surface area contributed by atoms with Gasteiger partial charge in [0, 0.05) is 16.5 Å². The number of halogens is 1. The maximum Gasteiger partial charge on any atom is 0.231 e. The maximum atomic E-state index is 10.7. The minimum Gasteiger partial charge on any atom is -0.454 e. The summed E-state index contributed by atoms with van der Waals surface area (Å²) in [6, 6.07) is 3.48. The van der Waals surface area contributed by atoms with Gasteiger partial charge in [-0.05, 0) is 12.1 Å². The Morgan fingerprint density at radius 1 is 1.46 bits per heavy atom. The highest BCUT2D eigenvalue weighted by Gasteiger charge is 2.19. The molecule has 0 saturated heterocycles. The topological polar surface area (TPSA) is 35.5 Å². The van der Waals surface area contributed by atoms with Gasteiger partial charge < -0.3 is 9.47 Å². The lowest BCUT2D eigenvalue weighted by Gasteiger charge is -2.04. The Morgan fingerprint density at radius 3 is 3.00 bits per heavy atom. The first kappa shape index (κ1) is 8.56. The number of aldehydes is 1. The number of hydrogen-bond acceptors (Lipinski definition) is 3. The van der Waals surface area contributed by atoms with Crippen molar-refractivity contribution in [2.24, 2.45) is 0 Å². The zero-order valence-electron chi connectivity index (χ0n) is 6.75. The van der Waals surface area contributed by atoms with Gasteiger partial charge in [0.2, 0.25) is 6.79 Å². The minimum atomic E-state index is 0.234. The molecule has 4 heteroatoms. The van der Waals surface area contributed by atoms with E-state index >= 15 is 0 Å². The van der Waals surface area contributed by atoms with Crippen LogP contribution >= 0.6 is 15.9 Å². The molecule has 0 aliphatic carbocycles. The smallest absolute Gasteiger partial charge is 0.231 e. The summed E-state index contributed by atoms with van der Waals surface area (Å²) in [5.74, 6) is 1.39. The zero-order valence-corrected chi connectivity index (χ0v) is 8.33. The average Bonchev–Trinajstić information content (AvgIpc) is 2.63. The van der Waals surface area contributed by atoms with E-state index in [9.17, 15) is 4.79 Å². The summed E-state index contributed by atoms with van der Waals surface area (Å²) in [6.07, 6.45) is 0.818. The molecule has 1 aliphatic heterocycles. The van der Waals surface area contributed by atoms with E-state index in [0.29, 0.717) is 22.4 Å². The molecule has 1 aromatic carbocycles. The number of ether oxygens (including phenoxy) is 2. The van der Waals surface area contributed by atoms with Gasteiger partial charge >= 0.3 is 0 Å². The molecule has 1 aliphatic rings. The van der Waals surface area contributed by atoms with E-state index < -0.39 is 0 Å². The fourth-order valence-corrected chi connectivity index (χ4v) is 1.87. The van der Waals surface area contributed by atoms with E-state index in [1.54, 1.807) is 12.1 Å². The summed E-state index contributed by atoms with van der Waals surface area (Å²) >= 11 is 3.31. The summed E-state index contributed by atoms with van der Waals surface area (Å²) in [4.78, 5) is 10.7. The molecule has 0 N–H and O–H groups in total. The van der Waals surface area contributed by atoms with Crippen LogP contribution in [-0.4, -0.2) is 13.1 Å². The molecule has 1 heterocycles. The Kier molecular flexibility index (Phi) is 2.22. The van der Waals surface area contributed by atoms with Crippen LogP contribution in [0.25, 0.3) is 0 Å². The van der Waals surface area contributed by atoms with Crippen molar-refractivity contribution in [3.05, 3.63) is 23.3 Å². The van der Waals surface area contributed by atoms with Crippen LogP contribution in [0.5, 0.6) is 11.5 Å². The number of benzene rings is 1. The first-order chi connectivity index (χ1) is 6.36. The van der Waals surface area contributed by atoms with Gasteiger partial charge in [0.15, 0.2) is 11.5 Å². The van der Waals surface area contributed by atoms with E-state index in [2.05, 4.69) is 15.9 Å². The van der Waals surface area contributed by atoms with Crippen LogP contribution in [0.15, 0.2) is 12.1 Å². The monoisotopic (exact) mass is 242 g/mol. The van der Waals surface area contributed by atoms with Crippen molar-refractivity contribution in [3.63, 3.8) is 0 Å². The average molecular weight is 243 g/mol. The molecule has 3 nitrogen and oxygen atoms in total. The second kappa shape index (κ2) is 3.38. The summed E-state index contributed by atoms with van der Waals surface area (Å²) in [7, 11) is 0. The predicted molar refractivity (Wildman–Crippen MR) is 50.6 cm³/mol. The van der Waals surface area contributed by atoms with Crippen LogP contribution in [0.1, 0.15) is 15.9 Å². The lowest BCUT2D eigenvalue weighted by atomic mass is 10.1. The van der Waals surface area contributed by atoms with Crippen LogP contribution in [0.3, 0.4) is 0 Å². The van der Waals surface area contributed by atoms with Gasteiger partial charge in [0.05, 0.1) is 0 Å².